The van der Waals surface area contributed by atoms with Gasteiger partial charge in [-0.25, -0.2) is 0 Å². The van der Waals surface area contributed by atoms with E-state index in [9.17, 15) is 9.59 Å². The number of hydrogen-bond acceptors (Lipinski definition) is 4. The summed E-state index contributed by atoms with van der Waals surface area (Å²) in [5, 5.41) is 0. The van der Waals surface area contributed by atoms with Crippen LogP contribution in [0.4, 0.5) is 0 Å². The number of carbonyl (C=O) groups excluding carboxylic acids is 2. The first-order chi connectivity index (χ1) is 15.6. The molecule has 2 amide bonds. The van der Waals surface area contributed by atoms with Gasteiger partial charge in [0.05, 0.1) is 4.91 Å². The Bertz CT molecular complexity index is 1030. The molecule has 2 heterocycles. The quantitative estimate of drug-likeness (QED) is 0.451. The molecule has 2 aliphatic heterocycles. The van der Waals surface area contributed by atoms with Gasteiger partial charge in [-0.05, 0) is 42.4 Å². The number of carbonyl (C=O) groups is 2. The molecule has 2 aromatic rings. The minimum atomic E-state index is -0.190. The number of hydrogen-bond donors (Lipinski definition) is 0. The van der Waals surface area contributed by atoms with Gasteiger partial charge in [-0.2, -0.15) is 0 Å². The maximum absolute atomic E-state index is 12.8. The molecule has 0 radical (unpaired) electrons. The molecule has 4 rings (SSSR count). The summed E-state index contributed by atoms with van der Waals surface area (Å²) in [6, 6.07) is 20.4. The Morgan fingerprint density at radius 1 is 1.03 bits per heavy atom. The second-order valence-corrected chi connectivity index (χ2v) is 9.75. The third-order valence-corrected chi connectivity index (χ3v) is 7.23. The van der Waals surface area contributed by atoms with Crippen molar-refractivity contribution >= 4 is 46.2 Å². The molecule has 2 aliphatic rings. The van der Waals surface area contributed by atoms with Crippen LogP contribution in [-0.2, 0) is 16.0 Å². The summed E-state index contributed by atoms with van der Waals surface area (Å²) < 4.78 is 0.446. The highest BCUT2D eigenvalue weighted by Gasteiger charge is 2.34. The second-order valence-electron chi connectivity index (χ2n) is 8.07. The number of nitrogens with zero attached hydrogens (tertiary/aromatic N) is 2. The Morgan fingerprint density at radius 3 is 2.38 bits per heavy atom. The van der Waals surface area contributed by atoms with Crippen LogP contribution in [0.25, 0.3) is 6.08 Å². The average Bonchev–Trinajstić information content (AvgIpc) is 3.08. The fraction of sp³-hybridized carbons (Fsp3) is 0.269. The standard InChI is InChI=1S/C26H26N2O2S2/c29-24(27-16-14-22(15-17-27)18-21-10-5-2-6-11-21)19-28-25(30)23(32-26(28)31)13-7-12-20-8-3-1-4-9-20/h1-13,22H,14-19H2/b12-7+,23-13-. The molecular formula is C26H26N2O2S2. The minimum Gasteiger partial charge on any atom is -0.341 e. The maximum atomic E-state index is 12.8. The highest BCUT2D eigenvalue weighted by molar-refractivity contribution is 8.26. The summed E-state index contributed by atoms with van der Waals surface area (Å²) in [7, 11) is 0. The van der Waals surface area contributed by atoms with Crippen LogP contribution in [0.15, 0.2) is 77.7 Å². The van der Waals surface area contributed by atoms with Gasteiger partial charge in [-0.15, -0.1) is 0 Å². The van der Waals surface area contributed by atoms with Gasteiger partial charge in [0.1, 0.15) is 10.9 Å². The van der Waals surface area contributed by atoms with Crippen molar-refractivity contribution in [2.75, 3.05) is 19.6 Å². The van der Waals surface area contributed by atoms with Gasteiger partial charge in [-0.3, -0.25) is 14.5 Å². The topological polar surface area (TPSA) is 40.6 Å². The van der Waals surface area contributed by atoms with E-state index in [1.807, 2.05) is 53.5 Å². The average molecular weight is 463 g/mol. The van der Waals surface area contributed by atoms with E-state index < -0.39 is 0 Å². The van der Waals surface area contributed by atoms with E-state index in [-0.39, 0.29) is 18.4 Å². The summed E-state index contributed by atoms with van der Waals surface area (Å²) in [5.74, 6) is 0.378. The lowest BCUT2D eigenvalue weighted by Gasteiger charge is -2.33. The van der Waals surface area contributed by atoms with Gasteiger partial charge in [0, 0.05) is 13.1 Å². The van der Waals surface area contributed by atoms with Gasteiger partial charge >= 0.3 is 0 Å². The number of amides is 2. The van der Waals surface area contributed by atoms with Crippen molar-refractivity contribution in [3.63, 3.8) is 0 Å². The monoisotopic (exact) mass is 462 g/mol. The molecule has 32 heavy (non-hydrogen) atoms. The predicted molar refractivity (Wildman–Crippen MR) is 135 cm³/mol. The van der Waals surface area contributed by atoms with Crippen LogP contribution in [0.1, 0.15) is 24.0 Å². The molecule has 0 N–H and O–H groups in total. The summed E-state index contributed by atoms with van der Waals surface area (Å²) >= 11 is 6.64. The van der Waals surface area contributed by atoms with Crippen LogP contribution in [0.2, 0.25) is 0 Å². The molecule has 4 nitrogen and oxygen atoms in total. The van der Waals surface area contributed by atoms with Crippen LogP contribution in [0.5, 0.6) is 0 Å². The van der Waals surface area contributed by atoms with Gasteiger partial charge < -0.3 is 4.90 Å². The van der Waals surface area contributed by atoms with E-state index in [0.29, 0.717) is 15.1 Å². The van der Waals surface area contributed by atoms with Gasteiger partial charge in [-0.1, -0.05) is 96.8 Å². The summed E-state index contributed by atoms with van der Waals surface area (Å²) in [4.78, 5) is 29.5. The number of thiocarbonyl (C=S) groups is 1. The zero-order valence-electron chi connectivity index (χ0n) is 17.9. The van der Waals surface area contributed by atoms with E-state index in [4.69, 9.17) is 12.2 Å². The second kappa shape index (κ2) is 10.7. The molecule has 2 saturated heterocycles. The zero-order chi connectivity index (χ0) is 22.3. The molecule has 164 valence electrons. The Balaban J connectivity index is 1.28. The van der Waals surface area contributed by atoms with E-state index in [1.54, 1.807) is 6.08 Å². The van der Waals surface area contributed by atoms with Crippen molar-refractivity contribution in [3.05, 3.63) is 88.8 Å². The summed E-state index contributed by atoms with van der Waals surface area (Å²) in [6.07, 6.45) is 8.59. The lowest BCUT2D eigenvalue weighted by Crippen LogP contribution is -2.45. The molecule has 0 spiro atoms. The fourth-order valence-corrected chi connectivity index (χ4v) is 5.24. The molecule has 0 saturated carbocycles. The molecule has 2 aromatic carbocycles. The lowest BCUT2D eigenvalue weighted by molar-refractivity contribution is -0.136. The summed E-state index contributed by atoms with van der Waals surface area (Å²) in [5.41, 5.74) is 2.41. The van der Waals surface area contributed by atoms with Crippen LogP contribution in [0, 0.1) is 5.92 Å². The molecule has 0 unspecified atom stereocenters. The number of rotatable bonds is 6. The fourth-order valence-electron chi connectivity index (χ4n) is 4.03. The minimum absolute atomic E-state index is 0.0216. The van der Waals surface area contributed by atoms with Crippen LogP contribution >= 0.6 is 24.0 Å². The van der Waals surface area contributed by atoms with Gasteiger partial charge in [0.25, 0.3) is 5.91 Å². The molecule has 0 bridgehead atoms. The third-order valence-electron chi connectivity index (χ3n) is 5.84. The van der Waals surface area contributed by atoms with Crippen molar-refractivity contribution in [2.45, 2.75) is 19.3 Å². The zero-order valence-corrected chi connectivity index (χ0v) is 19.5. The molecule has 0 aromatic heterocycles. The first kappa shape index (κ1) is 22.5. The maximum Gasteiger partial charge on any atom is 0.266 e. The Hall–Kier alpha value is -2.70. The number of allylic oxidation sites excluding steroid dienone is 2. The first-order valence-corrected chi connectivity index (χ1v) is 12.1. The highest BCUT2D eigenvalue weighted by Crippen LogP contribution is 2.31. The molecule has 6 heteroatoms. The predicted octanol–water partition coefficient (Wildman–Crippen LogP) is 4.93. The van der Waals surface area contributed by atoms with Gasteiger partial charge in [0.2, 0.25) is 5.91 Å². The van der Waals surface area contributed by atoms with Crippen molar-refractivity contribution in [1.29, 1.82) is 0 Å². The number of thioether (sulfide) groups is 1. The Kier molecular flexibility index (Phi) is 7.55. The Labute approximate surface area is 199 Å². The lowest BCUT2D eigenvalue weighted by atomic mass is 9.90. The summed E-state index contributed by atoms with van der Waals surface area (Å²) in [6.45, 7) is 1.50. The smallest absolute Gasteiger partial charge is 0.266 e. The van der Waals surface area contributed by atoms with E-state index >= 15 is 0 Å². The third kappa shape index (κ3) is 5.75. The van der Waals surface area contributed by atoms with Gasteiger partial charge in [0.15, 0.2) is 0 Å². The number of likely N-dealkylation sites (tertiary alicyclic amines) is 1. The number of benzene rings is 2. The number of piperidine rings is 1. The normalized spacial score (nSPS) is 18.8. The Morgan fingerprint density at radius 2 is 1.69 bits per heavy atom. The first-order valence-electron chi connectivity index (χ1n) is 10.9. The van der Waals surface area contributed by atoms with E-state index in [0.717, 1.165) is 37.9 Å². The van der Waals surface area contributed by atoms with Crippen LogP contribution < -0.4 is 0 Å². The van der Waals surface area contributed by atoms with Crippen molar-refractivity contribution in [1.82, 2.24) is 9.80 Å². The highest BCUT2D eigenvalue weighted by atomic mass is 32.2. The van der Waals surface area contributed by atoms with Crippen molar-refractivity contribution < 1.29 is 9.59 Å². The van der Waals surface area contributed by atoms with Crippen molar-refractivity contribution in [2.24, 2.45) is 5.92 Å². The molecule has 0 aliphatic carbocycles. The van der Waals surface area contributed by atoms with E-state index in [2.05, 4.69) is 24.3 Å². The SMILES string of the molecule is O=C(CN1C(=O)/C(=C/C=C/c2ccccc2)SC1=S)N1CCC(Cc2ccccc2)CC1. The molecular weight excluding hydrogens is 436 g/mol. The van der Waals surface area contributed by atoms with Crippen LogP contribution in [0.3, 0.4) is 0 Å². The van der Waals surface area contributed by atoms with Crippen LogP contribution in [-0.4, -0.2) is 45.6 Å². The van der Waals surface area contributed by atoms with Crippen molar-refractivity contribution in [3.8, 4) is 0 Å². The molecule has 2 fully saturated rings. The van der Waals surface area contributed by atoms with E-state index in [1.165, 1.54) is 22.2 Å². The largest absolute Gasteiger partial charge is 0.341 e. The molecule has 0 atom stereocenters.